The van der Waals surface area contributed by atoms with Crippen LogP contribution in [0.4, 0.5) is 0 Å². The fraction of sp³-hybridized carbons (Fsp3) is 0.800. The van der Waals surface area contributed by atoms with Gasteiger partial charge < -0.3 is 18.1 Å². The molecule has 0 radical (unpaired) electrons. The molecule has 29 heavy (non-hydrogen) atoms. The number of unbranched alkanes of at least 4 members (excludes halogenated alkanes) is 6. The molecule has 2 unspecified atom stereocenters. The van der Waals surface area contributed by atoms with Crippen molar-refractivity contribution in [1.29, 1.82) is 0 Å². The second-order valence-corrected chi connectivity index (χ2v) is 11.5. The summed E-state index contributed by atoms with van der Waals surface area (Å²) < 4.78 is 49.7. The standard InChI is InChI=1S/C20H38O6P2S/c1-5-9-11-13-15-25-27(21,23-7-3)19-17-29-18-20(19)28(22,24-8-4)26-16-14-12-10-6-2/h17-18H,5-16H2,1-4H3. The summed E-state index contributed by atoms with van der Waals surface area (Å²) in [5, 5.41) is 3.99. The molecule has 0 N–H and O–H groups in total. The third-order valence-corrected chi connectivity index (χ3v) is 9.76. The molecule has 1 aromatic heterocycles. The molecule has 2 atom stereocenters. The van der Waals surface area contributed by atoms with Gasteiger partial charge in [0.15, 0.2) is 0 Å². The fourth-order valence-electron chi connectivity index (χ4n) is 2.81. The third-order valence-electron chi connectivity index (χ3n) is 4.33. The van der Waals surface area contributed by atoms with Gasteiger partial charge in [-0.1, -0.05) is 52.4 Å². The van der Waals surface area contributed by atoms with E-state index in [1.54, 1.807) is 24.6 Å². The van der Waals surface area contributed by atoms with Crippen LogP contribution in [0.25, 0.3) is 0 Å². The Hall–Kier alpha value is -0.0000000000000000416. The predicted octanol–water partition coefficient (Wildman–Crippen LogP) is 6.65. The smallest absolute Gasteiger partial charge is 0.305 e. The van der Waals surface area contributed by atoms with Gasteiger partial charge in [0.2, 0.25) is 0 Å². The lowest BCUT2D eigenvalue weighted by molar-refractivity contribution is 0.213. The van der Waals surface area contributed by atoms with Crippen LogP contribution in [-0.4, -0.2) is 26.4 Å². The zero-order chi connectivity index (χ0) is 21.6. The molecular weight excluding hydrogens is 430 g/mol. The van der Waals surface area contributed by atoms with Crippen molar-refractivity contribution in [1.82, 2.24) is 0 Å². The Morgan fingerprint density at radius 3 is 1.41 bits per heavy atom. The van der Waals surface area contributed by atoms with E-state index in [4.69, 9.17) is 18.1 Å². The molecule has 170 valence electrons. The lowest BCUT2D eigenvalue weighted by Gasteiger charge is -2.22. The Kier molecular flexibility index (Phi) is 13.9. The highest BCUT2D eigenvalue weighted by atomic mass is 32.1. The van der Waals surface area contributed by atoms with Crippen LogP contribution in [0.3, 0.4) is 0 Å². The van der Waals surface area contributed by atoms with E-state index in [1.807, 2.05) is 0 Å². The molecule has 0 fully saturated rings. The zero-order valence-electron chi connectivity index (χ0n) is 18.4. The summed E-state index contributed by atoms with van der Waals surface area (Å²) in [5.41, 5.74) is 0. The first kappa shape index (κ1) is 27.0. The fourth-order valence-corrected chi connectivity index (χ4v) is 8.51. The van der Waals surface area contributed by atoms with Crippen molar-refractivity contribution in [3.05, 3.63) is 10.8 Å². The van der Waals surface area contributed by atoms with Crippen molar-refractivity contribution >= 4 is 37.1 Å². The minimum atomic E-state index is -3.60. The normalized spacial score (nSPS) is 15.9. The van der Waals surface area contributed by atoms with Gasteiger partial charge in [0.1, 0.15) is 0 Å². The Balaban J connectivity index is 2.98. The summed E-state index contributed by atoms with van der Waals surface area (Å²) in [6, 6.07) is 0. The molecule has 0 saturated carbocycles. The first-order valence-electron chi connectivity index (χ1n) is 10.8. The summed E-state index contributed by atoms with van der Waals surface area (Å²) in [7, 11) is -7.20. The lowest BCUT2D eigenvalue weighted by atomic mass is 10.2. The van der Waals surface area contributed by atoms with Gasteiger partial charge in [0.25, 0.3) is 0 Å². The second-order valence-electron chi connectivity index (χ2n) is 6.76. The maximum absolute atomic E-state index is 13.5. The van der Waals surface area contributed by atoms with E-state index in [0.29, 0.717) is 23.8 Å². The largest absolute Gasteiger partial charge is 0.363 e. The van der Waals surface area contributed by atoms with Gasteiger partial charge in [-0.25, -0.2) is 0 Å². The molecule has 0 bridgehead atoms. The van der Waals surface area contributed by atoms with E-state index in [2.05, 4.69) is 13.8 Å². The van der Waals surface area contributed by atoms with Crippen molar-refractivity contribution in [2.45, 2.75) is 79.1 Å². The van der Waals surface area contributed by atoms with Crippen molar-refractivity contribution in [2.75, 3.05) is 26.4 Å². The summed E-state index contributed by atoms with van der Waals surface area (Å²) in [5.74, 6) is 0. The molecule has 1 heterocycles. The highest BCUT2D eigenvalue weighted by Gasteiger charge is 2.39. The molecule has 1 aromatic rings. The van der Waals surface area contributed by atoms with Crippen molar-refractivity contribution in [3.63, 3.8) is 0 Å². The van der Waals surface area contributed by atoms with E-state index in [9.17, 15) is 9.13 Å². The Labute approximate surface area is 180 Å². The average molecular weight is 469 g/mol. The Morgan fingerprint density at radius 1 is 0.655 bits per heavy atom. The van der Waals surface area contributed by atoms with Crippen molar-refractivity contribution < 1.29 is 27.2 Å². The maximum Gasteiger partial charge on any atom is 0.363 e. The van der Waals surface area contributed by atoms with E-state index in [-0.39, 0.29) is 13.2 Å². The molecular formula is C20H38O6P2S. The summed E-state index contributed by atoms with van der Waals surface area (Å²) in [4.78, 5) is 0. The quantitative estimate of drug-likeness (QED) is 0.177. The summed E-state index contributed by atoms with van der Waals surface area (Å²) >= 11 is 1.30. The molecule has 0 aromatic carbocycles. The van der Waals surface area contributed by atoms with Crippen molar-refractivity contribution in [2.24, 2.45) is 0 Å². The molecule has 0 amide bonds. The number of thiophene rings is 1. The van der Waals surface area contributed by atoms with Gasteiger partial charge in [-0.05, 0) is 26.7 Å². The zero-order valence-corrected chi connectivity index (χ0v) is 21.0. The third kappa shape index (κ3) is 8.95. The lowest BCUT2D eigenvalue weighted by Crippen LogP contribution is -2.26. The molecule has 6 nitrogen and oxygen atoms in total. The number of rotatable bonds is 18. The molecule has 0 aliphatic heterocycles. The molecule has 0 aliphatic carbocycles. The van der Waals surface area contributed by atoms with Gasteiger partial charge in [0.05, 0.1) is 37.0 Å². The van der Waals surface area contributed by atoms with Crippen LogP contribution in [0.2, 0.25) is 0 Å². The first-order valence-corrected chi connectivity index (χ1v) is 14.9. The minimum absolute atomic E-state index is 0.234. The van der Waals surface area contributed by atoms with Gasteiger partial charge in [-0.2, -0.15) is 11.3 Å². The molecule has 1 rings (SSSR count). The summed E-state index contributed by atoms with van der Waals surface area (Å²) in [6.45, 7) is 8.95. The van der Waals surface area contributed by atoms with Crippen LogP contribution in [0.1, 0.15) is 79.1 Å². The van der Waals surface area contributed by atoms with Crippen molar-refractivity contribution in [3.8, 4) is 0 Å². The second kappa shape index (κ2) is 14.9. The number of hydrogen-bond acceptors (Lipinski definition) is 7. The average Bonchev–Trinajstić information content (AvgIpc) is 3.20. The molecule has 0 spiro atoms. The molecule has 0 aliphatic rings. The predicted molar refractivity (Wildman–Crippen MR) is 122 cm³/mol. The van der Waals surface area contributed by atoms with Crippen LogP contribution in [0.5, 0.6) is 0 Å². The van der Waals surface area contributed by atoms with E-state index in [1.165, 1.54) is 11.3 Å². The van der Waals surface area contributed by atoms with Crippen LogP contribution in [-0.2, 0) is 27.2 Å². The van der Waals surface area contributed by atoms with Crippen LogP contribution in [0, 0.1) is 0 Å². The molecule has 9 heteroatoms. The minimum Gasteiger partial charge on any atom is -0.305 e. The highest BCUT2D eigenvalue weighted by Crippen LogP contribution is 2.53. The van der Waals surface area contributed by atoms with Gasteiger partial charge in [-0.15, -0.1) is 0 Å². The number of hydrogen-bond donors (Lipinski definition) is 0. The van der Waals surface area contributed by atoms with Crippen LogP contribution in [0.15, 0.2) is 10.8 Å². The van der Waals surface area contributed by atoms with Crippen LogP contribution < -0.4 is 10.6 Å². The van der Waals surface area contributed by atoms with Gasteiger partial charge in [-0.3, -0.25) is 9.13 Å². The Morgan fingerprint density at radius 2 is 1.07 bits per heavy atom. The van der Waals surface area contributed by atoms with E-state index in [0.717, 1.165) is 51.4 Å². The van der Waals surface area contributed by atoms with Gasteiger partial charge >= 0.3 is 15.2 Å². The summed E-state index contributed by atoms with van der Waals surface area (Å²) in [6.07, 6.45) is 8.09. The van der Waals surface area contributed by atoms with E-state index < -0.39 is 15.2 Å². The highest BCUT2D eigenvalue weighted by molar-refractivity contribution is 7.69. The maximum atomic E-state index is 13.5. The monoisotopic (exact) mass is 468 g/mol. The van der Waals surface area contributed by atoms with Crippen LogP contribution >= 0.6 is 26.5 Å². The SMILES string of the molecule is CCCCCCOP(=O)(OCC)c1cscc1P(=O)(OCC)OCCCCCC. The van der Waals surface area contributed by atoms with Gasteiger partial charge in [0, 0.05) is 10.8 Å². The van der Waals surface area contributed by atoms with E-state index >= 15 is 0 Å². The first-order chi connectivity index (χ1) is 14.0. The molecule has 0 saturated heterocycles. The Bertz CT molecular complexity index is 596. The topological polar surface area (TPSA) is 71.1 Å².